The van der Waals surface area contributed by atoms with Gasteiger partial charge in [0.15, 0.2) is 0 Å². The summed E-state index contributed by atoms with van der Waals surface area (Å²) < 4.78 is 12.4. The molecule has 0 bridgehead atoms. The summed E-state index contributed by atoms with van der Waals surface area (Å²) in [6, 6.07) is 13.2. The normalized spacial score (nSPS) is 10.2. The van der Waals surface area contributed by atoms with Crippen LogP contribution in [0, 0.1) is 3.57 Å². The largest absolute Gasteiger partial charge is 0.489 e. The standard InChI is InChI=1S/C15H12BrIO3/c1-19-15(18)10-2-3-11(14(16)8-10)9-20-13-6-4-12(17)5-7-13/h2-8H,9H2,1H3. The molecule has 0 amide bonds. The molecule has 0 spiro atoms. The Labute approximate surface area is 139 Å². The molecule has 2 aromatic rings. The van der Waals surface area contributed by atoms with Crippen LogP contribution in [0.15, 0.2) is 46.9 Å². The van der Waals surface area contributed by atoms with Gasteiger partial charge in [0.1, 0.15) is 12.4 Å². The summed E-state index contributed by atoms with van der Waals surface area (Å²) in [6.45, 7) is 0.433. The number of halogens is 2. The summed E-state index contributed by atoms with van der Waals surface area (Å²) >= 11 is 5.69. The van der Waals surface area contributed by atoms with Crippen LogP contribution in [0.1, 0.15) is 15.9 Å². The number of ether oxygens (including phenoxy) is 2. The lowest BCUT2D eigenvalue weighted by molar-refractivity contribution is 0.0600. The summed E-state index contributed by atoms with van der Waals surface area (Å²) in [5.41, 5.74) is 1.48. The highest BCUT2D eigenvalue weighted by Gasteiger charge is 2.08. The second-order valence-electron chi connectivity index (χ2n) is 4.04. The minimum absolute atomic E-state index is 0.351. The van der Waals surface area contributed by atoms with Crippen molar-refractivity contribution in [3.8, 4) is 5.75 Å². The van der Waals surface area contributed by atoms with E-state index in [0.29, 0.717) is 12.2 Å². The Balaban J connectivity index is 2.06. The molecule has 20 heavy (non-hydrogen) atoms. The van der Waals surface area contributed by atoms with Crippen LogP contribution in [0.25, 0.3) is 0 Å². The molecule has 0 atom stereocenters. The van der Waals surface area contributed by atoms with E-state index in [1.807, 2.05) is 30.3 Å². The maximum atomic E-state index is 11.4. The number of rotatable bonds is 4. The fourth-order valence-corrected chi connectivity index (χ4v) is 2.45. The van der Waals surface area contributed by atoms with E-state index in [1.165, 1.54) is 10.7 Å². The molecule has 0 saturated carbocycles. The van der Waals surface area contributed by atoms with Gasteiger partial charge in [0.05, 0.1) is 12.7 Å². The number of carbonyl (C=O) groups excluding carboxylic acids is 1. The van der Waals surface area contributed by atoms with E-state index in [2.05, 4.69) is 43.3 Å². The number of benzene rings is 2. The highest BCUT2D eigenvalue weighted by Crippen LogP contribution is 2.22. The predicted octanol–water partition coefficient (Wildman–Crippen LogP) is 4.42. The maximum absolute atomic E-state index is 11.4. The number of esters is 1. The number of hydrogen-bond acceptors (Lipinski definition) is 3. The van der Waals surface area contributed by atoms with E-state index in [9.17, 15) is 4.79 Å². The summed E-state index contributed by atoms with van der Waals surface area (Å²) in [4.78, 5) is 11.4. The fraction of sp³-hybridized carbons (Fsp3) is 0.133. The molecule has 2 rings (SSSR count). The third-order valence-corrected chi connectivity index (χ3v) is 4.14. The Morgan fingerprint density at radius 2 is 1.90 bits per heavy atom. The highest BCUT2D eigenvalue weighted by atomic mass is 127. The monoisotopic (exact) mass is 446 g/mol. The van der Waals surface area contributed by atoms with Crippen LogP contribution in [-0.2, 0) is 11.3 Å². The van der Waals surface area contributed by atoms with Gasteiger partial charge in [-0.15, -0.1) is 0 Å². The Hall–Kier alpha value is -1.08. The SMILES string of the molecule is COC(=O)c1ccc(COc2ccc(I)cc2)c(Br)c1. The molecule has 0 radical (unpaired) electrons. The quantitative estimate of drug-likeness (QED) is 0.515. The van der Waals surface area contributed by atoms with Crippen LogP contribution in [-0.4, -0.2) is 13.1 Å². The Bertz CT molecular complexity index is 611. The molecule has 0 aliphatic rings. The van der Waals surface area contributed by atoms with Crippen molar-refractivity contribution in [1.82, 2.24) is 0 Å². The number of carbonyl (C=O) groups is 1. The zero-order valence-corrected chi connectivity index (χ0v) is 14.5. The Morgan fingerprint density at radius 3 is 2.50 bits per heavy atom. The minimum atomic E-state index is -0.351. The zero-order chi connectivity index (χ0) is 14.5. The molecule has 3 nitrogen and oxygen atoms in total. The molecule has 2 aromatic carbocycles. The average molecular weight is 447 g/mol. The lowest BCUT2D eigenvalue weighted by Gasteiger charge is -2.09. The Kier molecular flexibility index (Phi) is 5.42. The lowest BCUT2D eigenvalue weighted by atomic mass is 10.1. The first-order valence-corrected chi connectivity index (χ1v) is 7.72. The fourth-order valence-electron chi connectivity index (χ4n) is 1.60. The van der Waals surface area contributed by atoms with Gasteiger partial charge in [-0.05, 0) is 59.0 Å². The molecular formula is C15H12BrIO3. The molecule has 0 saturated heterocycles. The van der Waals surface area contributed by atoms with Gasteiger partial charge in [-0.3, -0.25) is 0 Å². The molecule has 0 aliphatic heterocycles. The zero-order valence-electron chi connectivity index (χ0n) is 10.7. The highest BCUT2D eigenvalue weighted by molar-refractivity contribution is 14.1. The molecule has 5 heteroatoms. The van der Waals surface area contributed by atoms with Crippen molar-refractivity contribution in [2.45, 2.75) is 6.61 Å². The predicted molar refractivity (Wildman–Crippen MR) is 89.0 cm³/mol. The van der Waals surface area contributed by atoms with E-state index in [0.717, 1.165) is 15.8 Å². The summed E-state index contributed by atoms with van der Waals surface area (Å²) in [5.74, 6) is 0.463. The number of methoxy groups -OCH3 is 1. The minimum Gasteiger partial charge on any atom is -0.489 e. The Morgan fingerprint density at radius 1 is 1.20 bits per heavy atom. The maximum Gasteiger partial charge on any atom is 0.337 e. The van der Waals surface area contributed by atoms with Crippen LogP contribution in [0.4, 0.5) is 0 Å². The summed E-state index contributed by atoms with van der Waals surface area (Å²) in [6.07, 6.45) is 0. The van der Waals surface area contributed by atoms with Crippen molar-refractivity contribution in [3.63, 3.8) is 0 Å². The second-order valence-corrected chi connectivity index (χ2v) is 6.14. The topological polar surface area (TPSA) is 35.5 Å². The van der Waals surface area contributed by atoms with Crippen molar-refractivity contribution in [1.29, 1.82) is 0 Å². The summed E-state index contributed by atoms with van der Waals surface area (Å²) in [5, 5.41) is 0. The van der Waals surface area contributed by atoms with Crippen molar-refractivity contribution < 1.29 is 14.3 Å². The van der Waals surface area contributed by atoms with Gasteiger partial charge in [0, 0.05) is 13.6 Å². The van der Waals surface area contributed by atoms with Crippen molar-refractivity contribution in [2.75, 3.05) is 7.11 Å². The van der Waals surface area contributed by atoms with E-state index < -0.39 is 0 Å². The average Bonchev–Trinajstić information content (AvgIpc) is 2.46. The van der Waals surface area contributed by atoms with Gasteiger partial charge >= 0.3 is 5.97 Å². The first-order valence-electron chi connectivity index (χ1n) is 5.85. The molecule has 0 aliphatic carbocycles. The lowest BCUT2D eigenvalue weighted by Crippen LogP contribution is -2.03. The third-order valence-electron chi connectivity index (χ3n) is 2.68. The van der Waals surface area contributed by atoms with Crippen LogP contribution in [0.2, 0.25) is 0 Å². The number of hydrogen-bond donors (Lipinski definition) is 0. The second kappa shape index (κ2) is 7.08. The van der Waals surface area contributed by atoms with Gasteiger partial charge in [0.25, 0.3) is 0 Å². The van der Waals surface area contributed by atoms with Crippen LogP contribution in [0.5, 0.6) is 5.75 Å². The van der Waals surface area contributed by atoms with Gasteiger partial charge in [0.2, 0.25) is 0 Å². The molecule has 0 N–H and O–H groups in total. The van der Waals surface area contributed by atoms with Crippen molar-refractivity contribution in [3.05, 3.63) is 61.6 Å². The molecule has 0 fully saturated rings. The summed E-state index contributed by atoms with van der Waals surface area (Å²) in [7, 11) is 1.37. The van der Waals surface area contributed by atoms with E-state index >= 15 is 0 Å². The first-order chi connectivity index (χ1) is 9.60. The van der Waals surface area contributed by atoms with Gasteiger partial charge in [-0.2, -0.15) is 0 Å². The van der Waals surface area contributed by atoms with Gasteiger partial charge in [-0.25, -0.2) is 4.79 Å². The van der Waals surface area contributed by atoms with Crippen LogP contribution < -0.4 is 4.74 Å². The molecule has 0 heterocycles. The molecule has 0 aromatic heterocycles. The third kappa shape index (κ3) is 3.96. The van der Waals surface area contributed by atoms with Crippen LogP contribution in [0.3, 0.4) is 0 Å². The van der Waals surface area contributed by atoms with Gasteiger partial charge < -0.3 is 9.47 Å². The molecular weight excluding hydrogens is 435 g/mol. The first kappa shape index (κ1) is 15.3. The smallest absolute Gasteiger partial charge is 0.337 e. The van der Waals surface area contributed by atoms with Crippen molar-refractivity contribution in [2.24, 2.45) is 0 Å². The van der Waals surface area contributed by atoms with E-state index in [1.54, 1.807) is 12.1 Å². The van der Waals surface area contributed by atoms with E-state index in [4.69, 9.17) is 4.74 Å². The van der Waals surface area contributed by atoms with Crippen molar-refractivity contribution >= 4 is 44.5 Å². The van der Waals surface area contributed by atoms with Gasteiger partial charge in [-0.1, -0.05) is 22.0 Å². The van der Waals surface area contributed by atoms with E-state index in [-0.39, 0.29) is 5.97 Å². The van der Waals surface area contributed by atoms with Crippen LogP contribution >= 0.6 is 38.5 Å². The molecule has 104 valence electrons. The molecule has 0 unspecified atom stereocenters.